The maximum atomic E-state index is 6.18. The van der Waals surface area contributed by atoms with E-state index in [4.69, 9.17) is 8.85 Å². The van der Waals surface area contributed by atoms with Crippen LogP contribution in [-0.2, 0) is 8.85 Å². The molecule has 0 radical (unpaired) electrons. The molecule has 0 spiro atoms. The summed E-state index contributed by atoms with van der Waals surface area (Å²) in [5, 5.41) is 0. The van der Waals surface area contributed by atoms with Crippen LogP contribution in [0.25, 0.3) is 0 Å². The van der Waals surface area contributed by atoms with Crippen LogP contribution in [0.5, 0.6) is 0 Å². The highest BCUT2D eigenvalue weighted by Gasteiger charge is 2.35. The summed E-state index contributed by atoms with van der Waals surface area (Å²) in [6, 6.07) is 5.36. The summed E-state index contributed by atoms with van der Waals surface area (Å²) in [5.74, 6) is 1.99. The van der Waals surface area contributed by atoms with E-state index in [2.05, 4.69) is 59.3 Å². The van der Waals surface area contributed by atoms with E-state index in [1.54, 1.807) is 0 Å². The van der Waals surface area contributed by atoms with Crippen molar-refractivity contribution in [3.05, 3.63) is 0 Å². The van der Waals surface area contributed by atoms with Crippen molar-refractivity contribution in [1.29, 1.82) is 0 Å². The lowest BCUT2D eigenvalue weighted by atomic mass is 10.3. The molecule has 0 amide bonds. The van der Waals surface area contributed by atoms with Crippen molar-refractivity contribution in [2.75, 3.05) is 19.0 Å². The average Bonchev–Trinajstić information content (AvgIpc) is 2.53. The van der Waals surface area contributed by atoms with Gasteiger partial charge < -0.3 is 8.85 Å². The first kappa shape index (κ1) is 22.7. The van der Waals surface area contributed by atoms with E-state index in [0.717, 1.165) is 32.1 Å². The van der Waals surface area contributed by atoms with Crippen LogP contribution in [0, 0.1) is 5.92 Å². The zero-order valence-electron chi connectivity index (χ0n) is 16.2. The quantitative estimate of drug-likeness (QED) is 0.338. The standard InChI is InChI=1S/C17H40O2SSi2/c1-8-13-18-21(7,19-14-9-2)16-17(6)15-20-22(10-3,11-4)12-5/h17H,8-16H2,1-7H3. The van der Waals surface area contributed by atoms with Gasteiger partial charge in [-0.1, -0.05) is 59.7 Å². The van der Waals surface area contributed by atoms with Crippen LogP contribution >= 0.6 is 11.2 Å². The highest BCUT2D eigenvalue weighted by Crippen LogP contribution is 2.35. The number of rotatable bonds is 14. The molecule has 134 valence electrons. The second-order valence-electron chi connectivity index (χ2n) is 6.69. The van der Waals surface area contributed by atoms with E-state index >= 15 is 0 Å². The summed E-state index contributed by atoms with van der Waals surface area (Å²) < 4.78 is 12.4. The lowest BCUT2D eigenvalue weighted by Gasteiger charge is -2.32. The first-order valence-corrected chi connectivity index (χ1v) is 16.2. The van der Waals surface area contributed by atoms with E-state index < -0.39 is 15.8 Å². The molecule has 1 unspecified atom stereocenters. The molecule has 0 rings (SSSR count). The Bertz CT molecular complexity index is 257. The van der Waals surface area contributed by atoms with Crippen molar-refractivity contribution in [2.24, 2.45) is 5.92 Å². The summed E-state index contributed by atoms with van der Waals surface area (Å²) in [7, 11) is -3.04. The molecule has 1 atom stereocenters. The molecule has 0 aromatic heterocycles. The molecule has 0 aliphatic heterocycles. The smallest absolute Gasteiger partial charge is 0.335 e. The van der Waals surface area contributed by atoms with Gasteiger partial charge in [0, 0.05) is 13.2 Å². The largest absolute Gasteiger partial charge is 0.394 e. The third-order valence-electron chi connectivity index (χ3n) is 4.55. The van der Waals surface area contributed by atoms with Gasteiger partial charge in [0.25, 0.3) is 0 Å². The maximum absolute atomic E-state index is 6.18. The van der Waals surface area contributed by atoms with Crippen LogP contribution in [0.3, 0.4) is 0 Å². The Morgan fingerprint density at radius 3 is 1.68 bits per heavy atom. The fourth-order valence-electron chi connectivity index (χ4n) is 2.86. The molecule has 0 fully saturated rings. The Morgan fingerprint density at radius 1 is 0.864 bits per heavy atom. The molecule has 0 aliphatic rings. The second-order valence-corrected chi connectivity index (χ2v) is 18.5. The molecule has 0 N–H and O–H groups in total. The third-order valence-corrected chi connectivity index (χ3v) is 17.8. The van der Waals surface area contributed by atoms with E-state index in [9.17, 15) is 0 Å². The van der Waals surface area contributed by atoms with Gasteiger partial charge in [0.1, 0.15) is 7.22 Å². The Hall–Kier alpha value is 0.704. The van der Waals surface area contributed by atoms with Gasteiger partial charge in [-0.3, -0.25) is 0 Å². The van der Waals surface area contributed by atoms with Gasteiger partial charge >= 0.3 is 8.56 Å². The van der Waals surface area contributed by atoms with Gasteiger partial charge in [-0.05, 0) is 37.1 Å². The third kappa shape index (κ3) is 8.53. The Balaban J connectivity index is 4.51. The molecule has 0 heterocycles. The molecule has 2 nitrogen and oxygen atoms in total. The van der Waals surface area contributed by atoms with Gasteiger partial charge in [0.15, 0.2) is 0 Å². The highest BCUT2D eigenvalue weighted by atomic mass is 32.4. The fraction of sp³-hybridized carbons (Fsp3) is 1.00. The number of hydrogen-bond donors (Lipinski definition) is 0. The minimum atomic E-state index is -1.98. The van der Waals surface area contributed by atoms with Gasteiger partial charge in [0.05, 0.1) is 0 Å². The normalized spacial score (nSPS) is 14.3. The summed E-state index contributed by atoms with van der Waals surface area (Å²) in [5.41, 5.74) is 0. The Kier molecular flexibility index (Phi) is 12.5. The predicted octanol–water partition coefficient (Wildman–Crippen LogP) is 6.29. The topological polar surface area (TPSA) is 18.5 Å². The van der Waals surface area contributed by atoms with Gasteiger partial charge in [0.2, 0.25) is 0 Å². The molecule has 22 heavy (non-hydrogen) atoms. The molecular weight excluding hydrogens is 324 g/mol. The van der Waals surface area contributed by atoms with Crippen LogP contribution in [0.1, 0.15) is 54.4 Å². The fourth-order valence-corrected chi connectivity index (χ4v) is 12.7. The second kappa shape index (κ2) is 12.1. The molecule has 0 aliphatic carbocycles. The average molecular weight is 365 g/mol. The molecular formula is C17H40O2SSi2. The summed E-state index contributed by atoms with van der Waals surface area (Å²) >= 11 is 2.32. The van der Waals surface area contributed by atoms with Gasteiger partial charge in [-0.25, -0.2) is 0 Å². The lowest BCUT2D eigenvalue weighted by Crippen LogP contribution is -2.41. The van der Waals surface area contributed by atoms with Crippen LogP contribution in [0.2, 0.25) is 30.7 Å². The minimum absolute atomic E-state index is 0.701. The van der Waals surface area contributed by atoms with Crippen molar-refractivity contribution in [3.63, 3.8) is 0 Å². The van der Waals surface area contributed by atoms with Crippen molar-refractivity contribution in [2.45, 2.75) is 85.1 Å². The number of hydrogen-bond acceptors (Lipinski definition) is 3. The minimum Gasteiger partial charge on any atom is -0.394 e. The maximum Gasteiger partial charge on any atom is 0.335 e. The zero-order valence-corrected chi connectivity index (χ0v) is 19.0. The zero-order chi connectivity index (χ0) is 17.1. The SMILES string of the molecule is CCCO[Si](C)(CC(C)CS[Si](CC)(CC)CC)OCCC. The summed E-state index contributed by atoms with van der Waals surface area (Å²) in [4.78, 5) is 0. The van der Waals surface area contributed by atoms with E-state index in [-0.39, 0.29) is 0 Å². The van der Waals surface area contributed by atoms with E-state index in [1.807, 2.05) is 0 Å². The highest BCUT2D eigenvalue weighted by molar-refractivity contribution is 8.28. The Morgan fingerprint density at radius 2 is 1.32 bits per heavy atom. The van der Waals surface area contributed by atoms with Crippen molar-refractivity contribution in [3.8, 4) is 0 Å². The molecule has 5 heteroatoms. The molecule has 0 saturated carbocycles. The lowest BCUT2D eigenvalue weighted by molar-refractivity contribution is 0.170. The van der Waals surface area contributed by atoms with Crippen molar-refractivity contribution >= 4 is 27.0 Å². The van der Waals surface area contributed by atoms with Gasteiger partial charge in [-0.15, -0.1) is 0 Å². The molecule has 0 bridgehead atoms. The van der Waals surface area contributed by atoms with Crippen molar-refractivity contribution < 1.29 is 8.85 Å². The monoisotopic (exact) mass is 364 g/mol. The van der Waals surface area contributed by atoms with Gasteiger partial charge in [-0.2, -0.15) is 11.2 Å². The Labute approximate surface area is 146 Å². The molecule has 0 aromatic carbocycles. The summed E-state index contributed by atoms with van der Waals surface area (Å²) in [6.07, 6.45) is 2.16. The first-order chi connectivity index (χ1) is 10.4. The predicted molar refractivity (Wildman–Crippen MR) is 108 cm³/mol. The van der Waals surface area contributed by atoms with Crippen LogP contribution in [-0.4, -0.2) is 34.8 Å². The molecule has 0 aromatic rings. The van der Waals surface area contributed by atoms with Crippen molar-refractivity contribution in [1.82, 2.24) is 0 Å². The molecule has 0 saturated heterocycles. The van der Waals surface area contributed by atoms with E-state index in [0.29, 0.717) is 5.92 Å². The van der Waals surface area contributed by atoms with Crippen LogP contribution in [0.15, 0.2) is 0 Å². The summed E-state index contributed by atoms with van der Waals surface area (Å²) in [6.45, 7) is 17.9. The van der Waals surface area contributed by atoms with Crippen LogP contribution in [0.4, 0.5) is 0 Å². The van der Waals surface area contributed by atoms with Crippen LogP contribution < -0.4 is 0 Å². The first-order valence-electron chi connectivity index (χ1n) is 9.32. The van der Waals surface area contributed by atoms with E-state index in [1.165, 1.54) is 23.9 Å².